The van der Waals surface area contributed by atoms with E-state index in [2.05, 4.69) is 20.0 Å². The summed E-state index contributed by atoms with van der Waals surface area (Å²) in [5, 5.41) is 6.48. The number of amides is 1. The van der Waals surface area contributed by atoms with Gasteiger partial charge in [0.15, 0.2) is 5.82 Å². The molecule has 0 bridgehead atoms. The monoisotopic (exact) mass is 226 g/mol. The molecule has 1 rings (SSSR count). The van der Waals surface area contributed by atoms with E-state index in [0.29, 0.717) is 25.3 Å². The van der Waals surface area contributed by atoms with E-state index < -0.39 is 0 Å². The first-order valence-electron chi connectivity index (χ1n) is 5.47. The standard InChI is InChI=1S/C10H18N4O2/c1-8(3-2-5-11)10(15)12-6-4-9-13-7-16-14-9/h7-8H,2-6,11H2,1H3,(H,12,15). The normalized spacial score (nSPS) is 12.4. The Morgan fingerprint density at radius 2 is 2.50 bits per heavy atom. The summed E-state index contributed by atoms with van der Waals surface area (Å²) >= 11 is 0. The molecule has 1 aromatic heterocycles. The number of carbonyl (C=O) groups is 1. The van der Waals surface area contributed by atoms with Crippen LogP contribution in [0.1, 0.15) is 25.6 Å². The quantitative estimate of drug-likeness (QED) is 0.687. The van der Waals surface area contributed by atoms with Gasteiger partial charge < -0.3 is 15.6 Å². The van der Waals surface area contributed by atoms with Crippen molar-refractivity contribution in [2.24, 2.45) is 11.7 Å². The number of rotatable bonds is 7. The number of nitrogens with one attached hydrogen (secondary N) is 1. The maximum absolute atomic E-state index is 11.6. The molecule has 0 spiro atoms. The van der Waals surface area contributed by atoms with Crippen LogP contribution in [0.25, 0.3) is 0 Å². The Labute approximate surface area is 94.6 Å². The molecule has 1 heterocycles. The van der Waals surface area contributed by atoms with Gasteiger partial charge >= 0.3 is 0 Å². The van der Waals surface area contributed by atoms with Crippen molar-refractivity contribution >= 4 is 5.91 Å². The molecule has 0 saturated carbocycles. The fourth-order valence-electron chi connectivity index (χ4n) is 1.33. The Morgan fingerprint density at radius 1 is 1.69 bits per heavy atom. The first-order chi connectivity index (χ1) is 7.74. The van der Waals surface area contributed by atoms with Gasteiger partial charge in [0.25, 0.3) is 0 Å². The van der Waals surface area contributed by atoms with Crippen molar-refractivity contribution in [2.45, 2.75) is 26.2 Å². The van der Waals surface area contributed by atoms with Crippen LogP contribution in [-0.4, -0.2) is 29.1 Å². The lowest BCUT2D eigenvalue weighted by atomic mass is 10.1. The summed E-state index contributed by atoms with van der Waals surface area (Å²) in [6.07, 6.45) is 3.57. The smallest absolute Gasteiger partial charge is 0.222 e. The Hall–Kier alpha value is -1.43. The summed E-state index contributed by atoms with van der Waals surface area (Å²) in [7, 11) is 0. The predicted molar refractivity (Wildman–Crippen MR) is 58.5 cm³/mol. The molecule has 6 heteroatoms. The van der Waals surface area contributed by atoms with Gasteiger partial charge in [-0.1, -0.05) is 12.1 Å². The Balaban J connectivity index is 2.14. The summed E-state index contributed by atoms with van der Waals surface area (Å²) in [5.74, 6) is 0.667. The topological polar surface area (TPSA) is 94.0 Å². The molecule has 3 N–H and O–H groups in total. The van der Waals surface area contributed by atoms with Crippen LogP contribution in [0.5, 0.6) is 0 Å². The molecule has 0 aliphatic carbocycles. The molecule has 1 atom stereocenters. The van der Waals surface area contributed by atoms with E-state index >= 15 is 0 Å². The maximum Gasteiger partial charge on any atom is 0.222 e. The van der Waals surface area contributed by atoms with E-state index in [1.165, 1.54) is 6.39 Å². The largest absolute Gasteiger partial charge is 0.355 e. The molecule has 0 saturated heterocycles. The van der Waals surface area contributed by atoms with Gasteiger partial charge in [-0.05, 0) is 19.4 Å². The molecule has 0 radical (unpaired) electrons. The molecular weight excluding hydrogens is 208 g/mol. The third-order valence-corrected chi connectivity index (χ3v) is 2.34. The summed E-state index contributed by atoms with van der Waals surface area (Å²) in [5.41, 5.74) is 5.38. The van der Waals surface area contributed by atoms with Crippen LogP contribution in [0.4, 0.5) is 0 Å². The molecule has 90 valence electrons. The zero-order chi connectivity index (χ0) is 11.8. The van der Waals surface area contributed by atoms with Crippen LogP contribution in [0.15, 0.2) is 10.9 Å². The average molecular weight is 226 g/mol. The fourth-order valence-corrected chi connectivity index (χ4v) is 1.33. The molecule has 0 aliphatic heterocycles. The lowest BCUT2D eigenvalue weighted by Crippen LogP contribution is -2.31. The average Bonchev–Trinajstić information content (AvgIpc) is 2.78. The van der Waals surface area contributed by atoms with E-state index in [-0.39, 0.29) is 11.8 Å². The maximum atomic E-state index is 11.6. The van der Waals surface area contributed by atoms with Crippen molar-refractivity contribution in [1.29, 1.82) is 0 Å². The number of aromatic nitrogens is 2. The summed E-state index contributed by atoms with van der Waals surface area (Å²) in [4.78, 5) is 15.4. The van der Waals surface area contributed by atoms with Gasteiger partial charge in [0.05, 0.1) is 0 Å². The SMILES string of the molecule is CC(CCCN)C(=O)NCCc1ncon1. The van der Waals surface area contributed by atoms with Crippen LogP contribution in [0.2, 0.25) is 0 Å². The molecule has 6 nitrogen and oxygen atoms in total. The van der Waals surface area contributed by atoms with Crippen LogP contribution in [-0.2, 0) is 11.2 Å². The van der Waals surface area contributed by atoms with Crippen LogP contribution in [0.3, 0.4) is 0 Å². The van der Waals surface area contributed by atoms with Crippen molar-refractivity contribution in [1.82, 2.24) is 15.5 Å². The molecular formula is C10H18N4O2. The van der Waals surface area contributed by atoms with Crippen molar-refractivity contribution in [3.63, 3.8) is 0 Å². The first kappa shape index (κ1) is 12.6. The number of hydrogen-bond donors (Lipinski definition) is 2. The van der Waals surface area contributed by atoms with Gasteiger partial charge in [-0.3, -0.25) is 4.79 Å². The highest BCUT2D eigenvalue weighted by atomic mass is 16.5. The highest BCUT2D eigenvalue weighted by Gasteiger charge is 2.11. The van der Waals surface area contributed by atoms with Gasteiger partial charge in [0, 0.05) is 18.9 Å². The second-order valence-corrected chi connectivity index (χ2v) is 3.72. The molecule has 0 fully saturated rings. The van der Waals surface area contributed by atoms with Gasteiger partial charge in [-0.25, -0.2) is 0 Å². The van der Waals surface area contributed by atoms with Gasteiger partial charge in [0.1, 0.15) is 0 Å². The van der Waals surface area contributed by atoms with Gasteiger partial charge in [-0.15, -0.1) is 0 Å². The highest BCUT2D eigenvalue weighted by molar-refractivity contribution is 5.78. The van der Waals surface area contributed by atoms with Crippen molar-refractivity contribution < 1.29 is 9.32 Å². The lowest BCUT2D eigenvalue weighted by molar-refractivity contribution is -0.124. The zero-order valence-corrected chi connectivity index (χ0v) is 9.48. The minimum absolute atomic E-state index is 0.00816. The lowest BCUT2D eigenvalue weighted by Gasteiger charge is -2.10. The summed E-state index contributed by atoms with van der Waals surface area (Å²) in [6, 6.07) is 0. The second-order valence-electron chi connectivity index (χ2n) is 3.72. The van der Waals surface area contributed by atoms with E-state index in [1.54, 1.807) is 0 Å². The van der Waals surface area contributed by atoms with E-state index in [9.17, 15) is 4.79 Å². The number of hydrogen-bond acceptors (Lipinski definition) is 5. The third-order valence-electron chi connectivity index (χ3n) is 2.34. The van der Waals surface area contributed by atoms with Crippen LogP contribution in [0, 0.1) is 5.92 Å². The van der Waals surface area contributed by atoms with Crippen molar-refractivity contribution in [2.75, 3.05) is 13.1 Å². The molecule has 1 amide bonds. The molecule has 16 heavy (non-hydrogen) atoms. The number of nitrogens with two attached hydrogens (primary N) is 1. The van der Waals surface area contributed by atoms with Gasteiger partial charge in [-0.2, -0.15) is 4.98 Å². The van der Waals surface area contributed by atoms with E-state index in [1.807, 2.05) is 6.92 Å². The number of carbonyl (C=O) groups excluding carboxylic acids is 1. The highest BCUT2D eigenvalue weighted by Crippen LogP contribution is 2.04. The van der Waals surface area contributed by atoms with Gasteiger partial charge in [0.2, 0.25) is 12.3 Å². The van der Waals surface area contributed by atoms with Crippen LogP contribution < -0.4 is 11.1 Å². The molecule has 0 aliphatic rings. The molecule has 0 aromatic carbocycles. The molecule has 1 unspecified atom stereocenters. The second kappa shape index (κ2) is 6.95. The minimum atomic E-state index is 0.00816. The fraction of sp³-hybridized carbons (Fsp3) is 0.700. The number of nitrogens with zero attached hydrogens (tertiary/aromatic N) is 2. The first-order valence-corrected chi connectivity index (χ1v) is 5.47. The van der Waals surface area contributed by atoms with E-state index in [4.69, 9.17) is 5.73 Å². The van der Waals surface area contributed by atoms with Crippen LogP contribution >= 0.6 is 0 Å². The predicted octanol–water partition coefficient (Wildman–Crippen LogP) is 0.103. The summed E-state index contributed by atoms with van der Waals surface area (Å²) < 4.78 is 4.58. The zero-order valence-electron chi connectivity index (χ0n) is 9.48. The third kappa shape index (κ3) is 4.39. The van der Waals surface area contributed by atoms with Crippen molar-refractivity contribution in [3.8, 4) is 0 Å². The van der Waals surface area contributed by atoms with E-state index in [0.717, 1.165) is 12.8 Å². The Kier molecular flexibility index (Phi) is 5.49. The Bertz CT molecular complexity index is 300. The Morgan fingerprint density at radius 3 is 3.12 bits per heavy atom. The summed E-state index contributed by atoms with van der Waals surface area (Å²) in [6.45, 7) is 3.06. The minimum Gasteiger partial charge on any atom is -0.355 e. The van der Waals surface area contributed by atoms with Crippen molar-refractivity contribution in [3.05, 3.63) is 12.2 Å². The molecule has 1 aromatic rings.